The third kappa shape index (κ3) is 2.95. The summed E-state index contributed by atoms with van der Waals surface area (Å²) in [5.74, 6) is -2.53. The van der Waals surface area contributed by atoms with Crippen LogP contribution in [0.2, 0.25) is 0 Å². The van der Waals surface area contributed by atoms with E-state index in [1.165, 1.54) is 11.8 Å². The van der Waals surface area contributed by atoms with E-state index in [4.69, 9.17) is 0 Å². The van der Waals surface area contributed by atoms with Crippen LogP contribution in [0.3, 0.4) is 0 Å². The molecule has 25 heavy (non-hydrogen) atoms. The van der Waals surface area contributed by atoms with Gasteiger partial charge in [-0.25, -0.2) is 13.8 Å². The molecule has 0 spiro atoms. The molecule has 134 valence electrons. The number of nitrogens with zero attached hydrogens (tertiary/aromatic N) is 2. The number of aromatic nitrogens is 1. The molecule has 2 aromatic rings. The molecule has 1 aromatic heterocycles. The van der Waals surface area contributed by atoms with Gasteiger partial charge in [0.1, 0.15) is 15.6 Å². The number of halogens is 2. The number of aromatic hydroxyl groups is 1. The maximum atomic E-state index is 14.0. The first-order valence-electron chi connectivity index (χ1n) is 7.84. The van der Waals surface area contributed by atoms with Crippen molar-refractivity contribution in [1.29, 1.82) is 0 Å². The van der Waals surface area contributed by atoms with E-state index in [9.17, 15) is 18.7 Å². The first kappa shape index (κ1) is 18.3. The van der Waals surface area contributed by atoms with Crippen molar-refractivity contribution in [3.63, 3.8) is 0 Å². The molecular weight excluding hydrogens is 366 g/mol. The van der Waals surface area contributed by atoms with E-state index < -0.39 is 28.3 Å². The summed E-state index contributed by atoms with van der Waals surface area (Å²) in [6, 6.07) is 0.998. The molecule has 0 saturated carbocycles. The number of hydrogen-bond acceptors (Lipinski definition) is 6. The van der Waals surface area contributed by atoms with Gasteiger partial charge in [-0.3, -0.25) is 9.79 Å². The molecule has 1 aromatic carbocycles. The molecule has 0 aliphatic carbocycles. The number of phenolic OH excluding ortho intramolecular Hbond substituents is 1. The van der Waals surface area contributed by atoms with Gasteiger partial charge in [0.15, 0.2) is 23.2 Å². The van der Waals surface area contributed by atoms with Crippen molar-refractivity contribution >= 4 is 44.1 Å². The second-order valence-corrected chi connectivity index (χ2v) is 8.90. The number of fused-ring (bicyclic) bond motifs is 1. The van der Waals surface area contributed by atoms with Gasteiger partial charge in [0, 0.05) is 17.2 Å². The van der Waals surface area contributed by atoms with Gasteiger partial charge >= 0.3 is 0 Å². The second kappa shape index (κ2) is 6.02. The molecule has 0 amide bonds. The van der Waals surface area contributed by atoms with Gasteiger partial charge in [0.2, 0.25) is 0 Å². The maximum Gasteiger partial charge on any atom is 0.189 e. The van der Waals surface area contributed by atoms with E-state index in [2.05, 4.69) is 9.98 Å². The summed E-state index contributed by atoms with van der Waals surface area (Å²) in [6.07, 6.45) is 0.710. The fourth-order valence-electron chi connectivity index (χ4n) is 2.69. The van der Waals surface area contributed by atoms with Gasteiger partial charge in [0.05, 0.1) is 10.2 Å². The zero-order valence-electron chi connectivity index (χ0n) is 14.3. The average molecular weight is 384 g/mol. The molecule has 8 heteroatoms. The highest BCUT2D eigenvalue weighted by molar-refractivity contribution is 8.15. The van der Waals surface area contributed by atoms with Crippen LogP contribution in [0, 0.1) is 17.0 Å². The van der Waals surface area contributed by atoms with Crippen LogP contribution in [0.4, 0.5) is 8.78 Å². The molecule has 1 aliphatic rings. The van der Waals surface area contributed by atoms with E-state index in [1.807, 2.05) is 20.8 Å². The zero-order valence-corrected chi connectivity index (χ0v) is 15.9. The standard InChI is InChI=1S/C17H18F2N2O2S2/c1-5-16(2,3)15(23)17(4)7-24-14(21-17)13-20-9-6-8(18)11(22)10(19)12(9)25-13/h6,22H,5,7H2,1-4H3. The number of ketones is 1. The minimum absolute atomic E-state index is 0.0565. The van der Waals surface area contributed by atoms with Gasteiger partial charge in [-0.2, -0.15) is 0 Å². The van der Waals surface area contributed by atoms with Gasteiger partial charge in [-0.1, -0.05) is 20.8 Å². The number of Topliss-reactive ketones (excluding diaryl/α,β-unsaturated/α-hetero) is 1. The monoisotopic (exact) mass is 384 g/mol. The van der Waals surface area contributed by atoms with Crippen molar-refractivity contribution in [2.75, 3.05) is 5.75 Å². The molecule has 4 nitrogen and oxygen atoms in total. The van der Waals surface area contributed by atoms with E-state index in [0.717, 1.165) is 17.4 Å². The Bertz CT molecular complexity index is 908. The van der Waals surface area contributed by atoms with Crippen LogP contribution in [0.1, 0.15) is 39.1 Å². The lowest BCUT2D eigenvalue weighted by molar-refractivity contribution is -0.131. The SMILES string of the molecule is CCC(C)(C)C(=O)C1(C)CSC(c2nc3cc(F)c(O)c(F)c3s2)=N1. The number of phenols is 1. The van der Waals surface area contributed by atoms with Gasteiger partial charge in [-0.15, -0.1) is 23.1 Å². The highest BCUT2D eigenvalue weighted by atomic mass is 32.2. The normalized spacial score (nSPS) is 21.0. The second-order valence-electron chi connectivity index (χ2n) is 6.93. The largest absolute Gasteiger partial charge is 0.503 e. The smallest absolute Gasteiger partial charge is 0.189 e. The summed E-state index contributed by atoms with van der Waals surface area (Å²) in [6.45, 7) is 7.56. The predicted molar refractivity (Wildman–Crippen MR) is 97.7 cm³/mol. The summed E-state index contributed by atoms with van der Waals surface area (Å²) in [5, 5.41) is 10.4. The highest BCUT2D eigenvalue weighted by Crippen LogP contribution is 2.40. The van der Waals surface area contributed by atoms with Crippen molar-refractivity contribution in [3.8, 4) is 5.75 Å². The molecule has 0 fully saturated rings. The van der Waals surface area contributed by atoms with Crippen molar-refractivity contribution < 1.29 is 18.7 Å². The maximum absolute atomic E-state index is 14.0. The Kier molecular flexibility index (Phi) is 4.39. The van der Waals surface area contributed by atoms with Gasteiger partial charge in [0.25, 0.3) is 0 Å². The van der Waals surface area contributed by atoms with Crippen LogP contribution in [0.15, 0.2) is 11.1 Å². The van der Waals surface area contributed by atoms with Crippen molar-refractivity contribution in [1.82, 2.24) is 4.98 Å². The van der Waals surface area contributed by atoms with Crippen LogP contribution >= 0.6 is 23.1 Å². The van der Waals surface area contributed by atoms with E-state index in [1.54, 1.807) is 6.92 Å². The lowest BCUT2D eigenvalue weighted by Gasteiger charge is -2.29. The van der Waals surface area contributed by atoms with Crippen LogP contribution in [0.25, 0.3) is 10.2 Å². The van der Waals surface area contributed by atoms with Gasteiger partial charge < -0.3 is 5.11 Å². The lowest BCUT2D eigenvalue weighted by atomic mass is 9.77. The minimum Gasteiger partial charge on any atom is -0.503 e. The van der Waals surface area contributed by atoms with Crippen LogP contribution in [-0.4, -0.2) is 32.2 Å². The molecule has 1 unspecified atom stereocenters. The summed E-state index contributed by atoms with van der Waals surface area (Å²) >= 11 is 2.38. The lowest BCUT2D eigenvalue weighted by Crippen LogP contribution is -2.43. The summed E-state index contributed by atoms with van der Waals surface area (Å²) in [4.78, 5) is 21.6. The summed E-state index contributed by atoms with van der Waals surface area (Å²) < 4.78 is 27.6. The predicted octanol–water partition coefficient (Wildman–Crippen LogP) is 4.54. The average Bonchev–Trinajstić information content (AvgIpc) is 3.16. The summed E-state index contributed by atoms with van der Waals surface area (Å²) in [5.41, 5.74) is -1.21. The molecule has 2 heterocycles. The zero-order chi connectivity index (χ0) is 18.6. The van der Waals surface area contributed by atoms with Gasteiger partial charge in [-0.05, 0) is 13.3 Å². The first-order chi connectivity index (χ1) is 11.6. The quantitative estimate of drug-likeness (QED) is 0.841. The topological polar surface area (TPSA) is 62.5 Å². The number of carbonyl (C=O) groups excluding carboxylic acids is 1. The third-order valence-electron chi connectivity index (χ3n) is 4.56. The molecule has 1 N–H and O–H groups in total. The molecule has 0 saturated heterocycles. The third-order valence-corrected chi connectivity index (χ3v) is 7.02. The minimum atomic E-state index is -1.05. The first-order valence-corrected chi connectivity index (χ1v) is 9.64. The number of hydrogen-bond donors (Lipinski definition) is 1. The molecule has 3 rings (SSSR count). The number of aliphatic imine (C=N–C) groups is 1. The fraction of sp³-hybridized carbons (Fsp3) is 0.471. The molecule has 0 bridgehead atoms. The number of thioether (sulfide) groups is 1. The number of benzene rings is 1. The Morgan fingerprint density at radius 2 is 2.12 bits per heavy atom. The van der Waals surface area contributed by atoms with E-state index in [-0.39, 0.29) is 16.0 Å². The Balaban J connectivity index is 2.02. The number of thiazole rings is 1. The van der Waals surface area contributed by atoms with Crippen molar-refractivity contribution in [2.24, 2.45) is 10.4 Å². The number of rotatable bonds is 4. The molecule has 1 aliphatic heterocycles. The molecular formula is C17H18F2N2O2S2. The Morgan fingerprint density at radius 1 is 1.44 bits per heavy atom. The van der Waals surface area contributed by atoms with Crippen LogP contribution in [-0.2, 0) is 4.79 Å². The molecule has 0 radical (unpaired) electrons. The Morgan fingerprint density at radius 3 is 2.76 bits per heavy atom. The fourth-order valence-corrected chi connectivity index (χ4v) is 4.91. The Hall–Kier alpha value is -1.54. The summed E-state index contributed by atoms with van der Waals surface area (Å²) in [7, 11) is 0. The molecule has 1 atom stereocenters. The van der Waals surface area contributed by atoms with Crippen LogP contribution in [0.5, 0.6) is 5.75 Å². The Labute approximate surface area is 152 Å². The van der Waals surface area contributed by atoms with E-state index >= 15 is 0 Å². The van der Waals surface area contributed by atoms with Crippen molar-refractivity contribution in [2.45, 2.75) is 39.7 Å². The highest BCUT2D eigenvalue weighted by Gasteiger charge is 2.45. The van der Waals surface area contributed by atoms with E-state index in [0.29, 0.717) is 22.2 Å². The van der Waals surface area contributed by atoms with Crippen LogP contribution < -0.4 is 0 Å². The number of carbonyl (C=O) groups is 1. The van der Waals surface area contributed by atoms with Crippen molar-refractivity contribution in [3.05, 3.63) is 22.7 Å².